The van der Waals surface area contributed by atoms with E-state index in [1.807, 2.05) is 6.92 Å². The van der Waals surface area contributed by atoms with Gasteiger partial charge in [0.1, 0.15) is 5.82 Å². The first-order valence-corrected chi connectivity index (χ1v) is 6.63. The fraction of sp³-hybridized carbons (Fsp3) is 0.571. The molecule has 0 radical (unpaired) electrons. The Labute approximate surface area is 113 Å². The average Bonchev–Trinajstić information content (AvgIpc) is 2.41. The molecular weight excluding hydrogens is 247 g/mol. The summed E-state index contributed by atoms with van der Waals surface area (Å²) in [5.41, 5.74) is 1.71. The predicted octanol–water partition coefficient (Wildman–Crippen LogP) is 1.24. The van der Waals surface area contributed by atoms with E-state index in [2.05, 4.69) is 10.2 Å². The van der Waals surface area contributed by atoms with Crippen LogP contribution in [0.1, 0.15) is 5.56 Å². The summed E-state index contributed by atoms with van der Waals surface area (Å²) in [6.45, 7) is 6.11. The van der Waals surface area contributed by atoms with Crippen LogP contribution < -0.4 is 5.32 Å². The summed E-state index contributed by atoms with van der Waals surface area (Å²) in [5.74, 6) is -0.268. The molecule has 1 saturated heterocycles. The lowest BCUT2D eigenvalue weighted by Crippen LogP contribution is -2.42. The van der Waals surface area contributed by atoms with E-state index in [-0.39, 0.29) is 5.82 Å². The number of rotatable bonds is 5. The van der Waals surface area contributed by atoms with E-state index in [0.29, 0.717) is 13.1 Å². The number of nitrogens with zero attached hydrogens (tertiary/aromatic N) is 1. The van der Waals surface area contributed by atoms with Gasteiger partial charge in [-0.05, 0) is 24.6 Å². The largest absolute Gasteiger partial charge is 0.390 e. The van der Waals surface area contributed by atoms with Gasteiger partial charge in [-0.3, -0.25) is 4.90 Å². The van der Waals surface area contributed by atoms with Crippen LogP contribution in [0.2, 0.25) is 0 Å². The van der Waals surface area contributed by atoms with Gasteiger partial charge in [0.2, 0.25) is 0 Å². The van der Waals surface area contributed by atoms with Gasteiger partial charge in [0.05, 0.1) is 19.3 Å². The Morgan fingerprint density at radius 2 is 2.16 bits per heavy atom. The van der Waals surface area contributed by atoms with Gasteiger partial charge in [0, 0.05) is 31.9 Å². The predicted molar refractivity (Wildman–Crippen MR) is 72.9 cm³/mol. The molecule has 1 aromatic carbocycles. The van der Waals surface area contributed by atoms with Crippen molar-refractivity contribution in [2.75, 3.05) is 44.7 Å². The van der Waals surface area contributed by atoms with Crippen molar-refractivity contribution < 1.29 is 14.2 Å². The molecule has 19 heavy (non-hydrogen) atoms. The Balaban J connectivity index is 1.79. The number of morpholine rings is 1. The Hall–Kier alpha value is -1.17. The second-order valence-corrected chi connectivity index (χ2v) is 4.91. The number of nitrogens with one attached hydrogen (secondary N) is 1. The lowest BCUT2D eigenvalue weighted by atomic mass is 10.2. The molecule has 5 heteroatoms. The van der Waals surface area contributed by atoms with Crippen LogP contribution in [0.3, 0.4) is 0 Å². The van der Waals surface area contributed by atoms with Crippen molar-refractivity contribution in [2.45, 2.75) is 13.0 Å². The number of hydrogen-bond acceptors (Lipinski definition) is 4. The molecule has 1 aromatic rings. The maximum atomic E-state index is 13.1. The summed E-state index contributed by atoms with van der Waals surface area (Å²) in [7, 11) is 0. The number of β-amino-alcohol motifs (C(OH)–C–C–N with tert-alkyl or cyclic N) is 1. The number of hydrogen-bond donors (Lipinski definition) is 2. The average molecular weight is 268 g/mol. The molecule has 0 aliphatic carbocycles. The number of aliphatic hydroxyl groups is 1. The van der Waals surface area contributed by atoms with Gasteiger partial charge in [-0.15, -0.1) is 0 Å². The monoisotopic (exact) mass is 268 g/mol. The minimum Gasteiger partial charge on any atom is -0.390 e. The van der Waals surface area contributed by atoms with Crippen LogP contribution >= 0.6 is 0 Å². The zero-order valence-corrected chi connectivity index (χ0v) is 11.2. The summed E-state index contributed by atoms with van der Waals surface area (Å²) in [6.07, 6.45) is -0.472. The van der Waals surface area contributed by atoms with Crippen molar-refractivity contribution in [2.24, 2.45) is 0 Å². The highest BCUT2D eigenvalue weighted by Gasteiger charge is 2.14. The molecule has 1 aliphatic heterocycles. The molecule has 0 spiro atoms. The van der Waals surface area contributed by atoms with E-state index >= 15 is 0 Å². The third kappa shape index (κ3) is 4.45. The topological polar surface area (TPSA) is 44.7 Å². The molecule has 4 nitrogen and oxygen atoms in total. The first-order chi connectivity index (χ1) is 9.15. The summed E-state index contributed by atoms with van der Waals surface area (Å²) in [5, 5.41) is 13.1. The maximum Gasteiger partial charge on any atom is 0.125 e. The van der Waals surface area contributed by atoms with Crippen LogP contribution in [0.25, 0.3) is 0 Å². The van der Waals surface area contributed by atoms with Crippen molar-refractivity contribution in [3.63, 3.8) is 0 Å². The van der Waals surface area contributed by atoms with Crippen LogP contribution in [-0.4, -0.2) is 55.5 Å². The van der Waals surface area contributed by atoms with Crippen LogP contribution in [-0.2, 0) is 4.74 Å². The van der Waals surface area contributed by atoms with Gasteiger partial charge in [0.25, 0.3) is 0 Å². The zero-order valence-electron chi connectivity index (χ0n) is 11.2. The number of anilines is 1. The number of aliphatic hydroxyl groups excluding tert-OH is 1. The maximum absolute atomic E-state index is 13.1. The standard InChI is InChI=1S/C14H21FN2O2/c1-11-2-3-12(15)8-14(11)16-9-13(18)10-17-4-6-19-7-5-17/h2-3,8,13,16,18H,4-7,9-10H2,1H3. The zero-order chi connectivity index (χ0) is 13.7. The van der Waals surface area contributed by atoms with Crippen molar-refractivity contribution >= 4 is 5.69 Å². The normalized spacial score (nSPS) is 18.3. The number of aryl methyl sites for hydroxylation is 1. The quantitative estimate of drug-likeness (QED) is 0.843. The molecule has 1 unspecified atom stereocenters. The first kappa shape index (κ1) is 14.2. The molecule has 106 valence electrons. The van der Waals surface area contributed by atoms with E-state index < -0.39 is 6.10 Å². The SMILES string of the molecule is Cc1ccc(F)cc1NCC(O)CN1CCOCC1. The van der Waals surface area contributed by atoms with Crippen molar-refractivity contribution in [3.8, 4) is 0 Å². The third-order valence-electron chi connectivity index (χ3n) is 3.30. The number of ether oxygens (including phenoxy) is 1. The minimum atomic E-state index is -0.472. The Bertz CT molecular complexity index is 408. The third-order valence-corrected chi connectivity index (χ3v) is 3.30. The lowest BCUT2D eigenvalue weighted by Gasteiger charge is -2.28. The van der Waals surface area contributed by atoms with Gasteiger partial charge in [0.15, 0.2) is 0 Å². The van der Waals surface area contributed by atoms with E-state index in [1.54, 1.807) is 6.07 Å². The second kappa shape index (κ2) is 6.84. The van der Waals surface area contributed by atoms with E-state index in [4.69, 9.17) is 4.74 Å². The summed E-state index contributed by atoms with van der Waals surface area (Å²) < 4.78 is 18.4. The molecular formula is C14H21FN2O2. The van der Waals surface area contributed by atoms with Crippen molar-refractivity contribution in [1.29, 1.82) is 0 Å². The molecule has 1 fully saturated rings. The molecule has 0 amide bonds. The summed E-state index contributed by atoms with van der Waals surface area (Å²) in [6, 6.07) is 4.62. The van der Waals surface area contributed by atoms with Crippen molar-refractivity contribution in [3.05, 3.63) is 29.6 Å². The van der Waals surface area contributed by atoms with E-state index in [0.717, 1.165) is 37.6 Å². The molecule has 2 N–H and O–H groups in total. The molecule has 1 aliphatic rings. The van der Waals surface area contributed by atoms with Crippen LogP contribution in [0.15, 0.2) is 18.2 Å². The van der Waals surface area contributed by atoms with Crippen LogP contribution in [0, 0.1) is 12.7 Å². The van der Waals surface area contributed by atoms with Gasteiger partial charge in [-0.1, -0.05) is 6.07 Å². The van der Waals surface area contributed by atoms with Gasteiger partial charge >= 0.3 is 0 Å². The molecule has 0 aromatic heterocycles. The molecule has 0 bridgehead atoms. The molecule has 0 saturated carbocycles. The summed E-state index contributed by atoms with van der Waals surface area (Å²) >= 11 is 0. The molecule has 1 heterocycles. The van der Waals surface area contributed by atoms with E-state index in [9.17, 15) is 9.50 Å². The number of halogens is 1. The Kier molecular flexibility index (Phi) is 5.13. The van der Waals surface area contributed by atoms with Crippen LogP contribution in [0.5, 0.6) is 0 Å². The molecule has 2 rings (SSSR count). The van der Waals surface area contributed by atoms with Gasteiger partial charge in [-0.25, -0.2) is 4.39 Å². The van der Waals surface area contributed by atoms with Gasteiger partial charge < -0.3 is 15.2 Å². The Morgan fingerprint density at radius 3 is 2.89 bits per heavy atom. The van der Waals surface area contributed by atoms with E-state index in [1.165, 1.54) is 12.1 Å². The Morgan fingerprint density at radius 1 is 1.42 bits per heavy atom. The summed E-state index contributed by atoms with van der Waals surface area (Å²) in [4.78, 5) is 2.17. The van der Waals surface area contributed by atoms with Crippen LogP contribution in [0.4, 0.5) is 10.1 Å². The second-order valence-electron chi connectivity index (χ2n) is 4.91. The molecule has 1 atom stereocenters. The highest BCUT2D eigenvalue weighted by molar-refractivity contribution is 5.50. The fourth-order valence-electron chi connectivity index (χ4n) is 2.16. The smallest absolute Gasteiger partial charge is 0.125 e. The first-order valence-electron chi connectivity index (χ1n) is 6.63. The van der Waals surface area contributed by atoms with Crippen molar-refractivity contribution in [1.82, 2.24) is 4.90 Å². The van der Waals surface area contributed by atoms with Gasteiger partial charge in [-0.2, -0.15) is 0 Å². The minimum absolute atomic E-state index is 0.268. The highest BCUT2D eigenvalue weighted by atomic mass is 19.1. The highest BCUT2D eigenvalue weighted by Crippen LogP contribution is 2.15. The fourth-order valence-corrected chi connectivity index (χ4v) is 2.16. The number of benzene rings is 1. The lowest BCUT2D eigenvalue weighted by molar-refractivity contribution is 0.0171.